The number of hydrogen-bond donors (Lipinski definition) is 2. The van der Waals surface area contributed by atoms with Gasteiger partial charge in [0.15, 0.2) is 5.78 Å². The van der Waals surface area contributed by atoms with Crippen molar-refractivity contribution in [2.24, 2.45) is 5.92 Å². The highest BCUT2D eigenvalue weighted by molar-refractivity contribution is 6.21. The first-order valence-corrected chi connectivity index (χ1v) is 4.59. The summed E-state index contributed by atoms with van der Waals surface area (Å²) in [5.74, 6) is -7.43. The van der Waals surface area contributed by atoms with Gasteiger partial charge in [0.2, 0.25) is 5.92 Å². The van der Waals surface area contributed by atoms with Crippen molar-refractivity contribution in [3.63, 3.8) is 0 Å². The van der Waals surface area contributed by atoms with Crippen LogP contribution >= 0.6 is 0 Å². The third kappa shape index (κ3) is 2.48. The standard InChI is InChI=1S/C10H7NO7/c12-8(7(9(13)14)10(15)16)5-3-1-2-4-6(5)11(17)18/h1-4,7H,(H,13,14)(H,15,16). The fourth-order valence-electron chi connectivity index (χ4n) is 1.33. The highest BCUT2D eigenvalue weighted by atomic mass is 16.6. The number of carbonyl (C=O) groups excluding carboxylic acids is 1. The van der Waals surface area contributed by atoms with Crippen molar-refractivity contribution in [1.29, 1.82) is 0 Å². The lowest BCUT2D eigenvalue weighted by atomic mass is 9.96. The van der Waals surface area contributed by atoms with E-state index in [4.69, 9.17) is 10.2 Å². The molecule has 18 heavy (non-hydrogen) atoms. The average Bonchev–Trinajstić information content (AvgIpc) is 2.27. The number of nitrogens with zero attached hydrogens (tertiary/aromatic N) is 1. The molecule has 0 saturated carbocycles. The molecule has 0 amide bonds. The van der Waals surface area contributed by atoms with Gasteiger partial charge in [-0.25, -0.2) is 0 Å². The zero-order chi connectivity index (χ0) is 13.9. The van der Waals surface area contributed by atoms with Gasteiger partial charge in [-0.15, -0.1) is 0 Å². The molecule has 94 valence electrons. The van der Waals surface area contributed by atoms with Crippen molar-refractivity contribution >= 4 is 23.4 Å². The van der Waals surface area contributed by atoms with Crippen LogP contribution in [0.15, 0.2) is 24.3 Å². The third-order valence-electron chi connectivity index (χ3n) is 2.12. The second-order valence-electron chi connectivity index (χ2n) is 3.25. The fourth-order valence-corrected chi connectivity index (χ4v) is 1.33. The average molecular weight is 253 g/mol. The molecule has 0 aliphatic heterocycles. The van der Waals surface area contributed by atoms with E-state index in [0.29, 0.717) is 0 Å². The Kier molecular flexibility index (Phi) is 3.72. The third-order valence-corrected chi connectivity index (χ3v) is 2.12. The summed E-state index contributed by atoms with van der Waals surface area (Å²) in [6.45, 7) is 0. The van der Waals surface area contributed by atoms with Gasteiger partial charge < -0.3 is 10.2 Å². The number of carboxylic acids is 2. The number of para-hydroxylation sites is 1. The van der Waals surface area contributed by atoms with E-state index in [2.05, 4.69) is 0 Å². The molecule has 8 nitrogen and oxygen atoms in total. The molecule has 0 atom stereocenters. The van der Waals surface area contributed by atoms with Crippen LogP contribution in [0.2, 0.25) is 0 Å². The highest BCUT2D eigenvalue weighted by Crippen LogP contribution is 2.21. The molecule has 0 fully saturated rings. The van der Waals surface area contributed by atoms with Gasteiger partial charge in [-0.2, -0.15) is 0 Å². The van der Waals surface area contributed by atoms with Gasteiger partial charge in [0.25, 0.3) is 5.69 Å². The molecule has 8 heteroatoms. The summed E-state index contributed by atoms with van der Waals surface area (Å²) in [5, 5.41) is 27.9. The number of carbonyl (C=O) groups is 3. The monoisotopic (exact) mass is 253 g/mol. The van der Waals surface area contributed by atoms with Gasteiger partial charge in [0, 0.05) is 6.07 Å². The van der Waals surface area contributed by atoms with Crippen molar-refractivity contribution in [2.45, 2.75) is 0 Å². The van der Waals surface area contributed by atoms with Crippen LogP contribution in [-0.2, 0) is 9.59 Å². The lowest BCUT2D eigenvalue weighted by molar-refractivity contribution is -0.385. The summed E-state index contributed by atoms with van der Waals surface area (Å²) in [5.41, 5.74) is -1.17. The Balaban J connectivity index is 3.30. The molecule has 1 aromatic carbocycles. The molecular formula is C10H7NO7. The molecule has 0 unspecified atom stereocenters. The van der Waals surface area contributed by atoms with E-state index in [0.717, 1.165) is 12.1 Å². The molecule has 1 aromatic rings. The Bertz CT molecular complexity index is 523. The fraction of sp³-hybridized carbons (Fsp3) is 0.100. The second-order valence-corrected chi connectivity index (χ2v) is 3.25. The van der Waals surface area contributed by atoms with E-state index >= 15 is 0 Å². The zero-order valence-corrected chi connectivity index (χ0v) is 8.77. The molecule has 0 saturated heterocycles. The molecule has 1 rings (SSSR count). The summed E-state index contributed by atoms with van der Waals surface area (Å²) in [7, 11) is 0. The van der Waals surface area contributed by atoms with Crippen molar-refractivity contribution in [1.82, 2.24) is 0 Å². The van der Waals surface area contributed by atoms with E-state index < -0.39 is 39.8 Å². The van der Waals surface area contributed by atoms with Crippen LogP contribution in [0.1, 0.15) is 10.4 Å². The van der Waals surface area contributed by atoms with Crippen LogP contribution in [0, 0.1) is 16.0 Å². The first-order valence-electron chi connectivity index (χ1n) is 4.59. The van der Waals surface area contributed by atoms with Crippen LogP contribution in [0.25, 0.3) is 0 Å². The van der Waals surface area contributed by atoms with Crippen molar-refractivity contribution in [2.75, 3.05) is 0 Å². The molecule has 0 spiro atoms. The number of benzene rings is 1. The normalized spacial score (nSPS) is 10.1. The molecule has 0 heterocycles. The van der Waals surface area contributed by atoms with Crippen LogP contribution in [0.3, 0.4) is 0 Å². The van der Waals surface area contributed by atoms with E-state index in [1.807, 2.05) is 0 Å². The number of hydrogen-bond acceptors (Lipinski definition) is 5. The molecule has 0 aliphatic rings. The minimum atomic E-state index is -2.36. The summed E-state index contributed by atoms with van der Waals surface area (Å²) >= 11 is 0. The van der Waals surface area contributed by atoms with Crippen LogP contribution in [0.5, 0.6) is 0 Å². The Morgan fingerprint density at radius 3 is 2.06 bits per heavy atom. The van der Waals surface area contributed by atoms with Crippen molar-refractivity contribution in [3.05, 3.63) is 39.9 Å². The number of ketones is 1. The highest BCUT2D eigenvalue weighted by Gasteiger charge is 2.37. The molecule has 0 radical (unpaired) electrons. The second kappa shape index (κ2) is 5.04. The predicted molar refractivity (Wildman–Crippen MR) is 56.2 cm³/mol. The SMILES string of the molecule is O=C(O)C(C(=O)O)C(=O)c1ccccc1[N+](=O)[O-]. The van der Waals surface area contributed by atoms with Crippen LogP contribution in [-0.4, -0.2) is 32.9 Å². The number of nitro groups is 1. The number of rotatable bonds is 5. The number of Topliss-reactive ketones (excluding diaryl/α,β-unsaturated/α-hetero) is 1. The van der Waals surface area contributed by atoms with Crippen LogP contribution < -0.4 is 0 Å². The van der Waals surface area contributed by atoms with E-state index in [1.54, 1.807) is 0 Å². The molecule has 0 aromatic heterocycles. The first kappa shape index (κ1) is 13.3. The molecular weight excluding hydrogens is 246 g/mol. The quantitative estimate of drug-likeness (QED) is 0.338. The molecule has 2 N–H and O–H groups in total. The number of carboxylic acid groups (broad SMARTS) is 2. The van der Waals surface area contributed by atoms with E-state index in [1.165, 1.54) is 12.1 Å². The Labute approximate surface area is 99.6 Å². The molecule has 0 bridgehead atoms. The first-order chi connectivity index (χ1) is 8.36. The van der Waals surface area contributed by atoms with Gasteiger partial charge in [-0.3, -0.25) is 24.5 Å². The maximum Gasteiger partial charge on any atom is 0.325 e. The maximum absolute atomic E-state index is 11.7. The van der Waals surface area contributed by atoms with E-state index in [9.17, 15) is 24.5 Å². The summed E-state index contributed by atoms with van der Waals surface area (Å²) < 4.78 is 0. The summed E-state index contributed by atoms with van der Waals surface area (Å²) in [4.78, 5) is 42.8. The van der Waals surface area contributed by atoms with Crippen molar-refractivity contribution in [3.8, 4) is 0 Å². The smallest absolute Gasteiger partial charge is 0.325 e. The van der Waals surface area contributed by atoms with Gasteiger partial charge in [0.05, 0.1) is 10.5 Å². The lowest BCUT2D eigenvalue weighted by Gasteiger charge is -2.06. The Morgan fingerprint density at radius 1 is 1.11 bits per heavy atom. The van der Waals surface area contributed by atoms with Gasteiger partial charge in [-0.1, -0.05) is 12.1 Å². The largest absolute Gasteiger partial charge is 0.480 e. The lowest BCUT2D eigenvalue weighted by Crippen LogP contribution is -2.32. The topological polar surface area (TPSA) is 135 Å². The van der Waals surface area contributed by atoms with Gasteiger partial charge >= 0.3 is 11.9 Å². The van der Waals surface area contributed by atoms with Gasteiger partial charge in [0.1, 0.15) is 0 Å². The Hall–Kier alpha value is -2.77. The summed E-state index contributed by atoms with van der Waals surface area (Å²) in [6, 6.07) is 4.57. The maximum atomic E-state index is 11.7. The van der Waals surface area contributed by atoms with E-state index in [-0.39, 0.29) is 0 Å². The van der Waals surface area contributed by atoms with Gasteiger partial charge in [-0.05, 0) is 6.07 Å². The van der Waals surface area contributed by atoms with Crippen LogP contribution in [0.4, 0.5) is 5.69 Å². The minimum absolute atomic E-state index is 0.544. The predicted octanol–water partition coefficient (Wildman–Crippen LogP) is 0.563. The summed E-state index contributed by atoms with van der Waals surface area (Å²) in [6.07, 6.45) is 0. The Morgan fingerprint density at radius 2 is 1.61 bits per heavy atom. The molecule has 0 aliphatic carbocycles. The minimum Gasteiger partial charge on any atom is -0.480 e. The van der Waals surface area contributed by atoms with Crippen molar-refractivity contribution < 1.29 is 29.5 Å². The number of nitro benzene ring substituents is 1. The zero-order valence-electron chi connectivity index (χ0n) is 8.77. The number of aliphatic carboxylic acids is 2.